The summed E-state index contributed by atoms with van der Waals surface area (Å²) in [5, 5.41) is 9.58. The van der Waals surface area contributed by atoms with E-state index in [9.17, 15) is 5.11 Å². The first kappa shape index (κ1) is 24.2. The predicted molar refractivity (Wildman–Crippen MR) is 111 cm³/mol. The number of epoxide rings is 1. The standard InChI is InChI=1S/C15H24O.C6H6.C2H4O.H2O/c1-2-3-4-5-6-7-8-11-14-12-9-10-13-15(14)16;1-2-4-6-5-3-1;1-2-3-1;/h9-10,12-13,16H,2-8,11H2,1H3;1-6H;1-2H2;1H2. The summed E-state index contributed by atoms with van der Waals surface area (Å²) in [4.78, 5) is 0. The molecule has 1 fully saturated rings. The van der Waals surface area contributed by atoms with Crippen LogP contribution in [0.4, 0.5) is 0 Å². The highest BCUT2D eigenvalue weighted by Gasteiger charge is 1.98. The lowest BCUT2D eigenvalue weighted by Gasteiger charge is -2.04. The Morgan fingerprint density at radius 3 is 1.65 bits per heavy atom. The Balaban J connectivity index is 0.000000508. The van der Waals surface area contributed by atoms with Crippen LogP contribution in [0, 0.1) is 0 Å². The molecule has 0 radical (unpaired) electrons. The average molecular weight is 361 g/mol. The van der Waals surface area contributed by atoms with E-state index in [0.29, 0.717) is 5.75 Å². The molecule has 1 heterocycles. The van der Waals surface area contributed by atoms with Crippen molar-refractivity contribution in [2.75, 3.05) is 13.2 Å². The lowest BCUT2D eigenvalue weighted by Crippen LogP contribution is -1.87. The number of hydrogen-bond acceptors (Lipinski definition) is 2. The van der Waals surface area contributed by atoms with Gasteiger partial charge in [0.2, 0.25) is 0 Å². The van der Waals surface area contributed by atoms with Crippen molar-refractivity contribution in [2.45, 2.75) is 58.3 Å². The summed E-state index contributed by atoms with van der Waals surface area (Å²) in [6, 6.07) is 19.7. The maximum absolute atomic E-state index is 9.58. The van der Waals surface area contributed by atoms with Crippen LogP contribution in [-0.4, -0.2) is 23.8 Å². The second-order valence-electron chi connectivity index (χ2n) is 6.27. The summed E-state index contributed by atoms with van der Waals surface area (Å²) < 4.78 is 4.50. The van der Waals surface area contributed by atoms with E-state index in [0.717, 1.165) is 25.2 Å². The van der Waals surface area contributed by atoms with Gasteiger partial charge in [-0.05, 0) is 24.5 Å². The molecule has 0 aromatic heterocycles. The molecule has 1 aliphatic rings. The van der Waals surface area contributed by atoms with Gasteiger partial charge < -0.3 is 15.3 Å². The Labute approximate surface area is 159 Å². The maximum atomic E-state index is 9.58. The van der Waals surface area contributed by atoms with Gasteiger partial charge in [-0.15, -0.1) is 0 Å². The Morgan fingerprint density at radius 1 is 0.731 bits per heavy atom. The zero-order chi connectivity index (χ0) is 18.0. The van der Waals surface area contributed by atoms with Crippen molar-refractivity contribution in [3.8, 4) is 5.75 Å². The molecule has 0 unspecified atom stereocenters. The third-order valence-electron chi connectivity index (χ3n) is 3.91. The highest BCUT2D eigenvalue weighted by atomic mass is 16.6. The smallest absolute Gasteiger partial charge is 0.118 e. The molecule has 0 atom stereocenters. The fourth-order valence-electron chi connectivity index (χ4n) is 2.38. The molecule has 1 aliphatic heterocycles. The zero-order valence-electron chi connectivity index (χ0n) is 16.2. The van der Waals surface area contributed by atoms with E-state index in [1.54, 1.807) is 6.07 Å². The molecule has 0 spiro atoms. The molecule has 146 valence electrons. The molecule has 3 nitrogen and oxygen atoms in total. The minimum atomic E-state index is 0. The SMILES string of the molecule is C1CO1.CCCCCCCCCc1ccccc1O.O.c1ccccc1. The van der Waals surface area contributed by atoms with E-state index in [2.05, 4.69) is 11.7 Å². The molecule has 3 rings (SSSR count). The molecule has 1 saturated heterocycles. The van der Waals surface area contributed by atoms with Crippen LogP contribution < -0.4 is 0 Å². The van der Waals surface area contributed by atoms with Gasteiger partial charge in [0.05, 0.1) is 13.2 Å². The second kappa shape index (κ2) is 18.0. The first-order chi connectivity index (χ1) is 12.3. The second-order valence-corrected chi connectivity index (χ2v) is 6.27. The van der Waals surface area contributed by atoms with Gasteiger partial charge in [0.1, 0.15) is 5.75 Å². The third-order valence-corrected chi connectivity index (χ3v) is 3.91. The summed E-state index contributed by atoms with van der Waals surface area (Å²) >= 11 is 0. The number of phenolic OH excluding ortho intramolecular Hbond substituents is 1. The predicted octanol–water partition coefficient (Wildman–Crippen LogP) is 5.56. The fourth-order valence-corrected chi connectivity index (χ4v) is 2.38. The van der Waals surface area contributed by atoms with Crippen LogP contribution in [0.2, 0.25) is 0 Å². The summed E-state index contributed by atoms with van der Waals surface area (Å²) in [6.45, 7) is 4.25. The summed E-state index contributed by atoms with van der Waals surface area (Å²) in [5.41, 5.74) is 1.09. The highest BCUT2D eigenvalue weighted by Crippen LogP contribution is 2.18. The van der Waals surface area contributed by atoms with Crippen molar-refractivity contribution in [1.29, 1.82) is 0 Å². The van der Waals surface area contributed by atoms with Crippen molar-refractivity contribution in [3.63, 3.8) is 0 Å². The van der Waals surface area contributed by atoms with E-state index >= 15 is 0 Å². The first-order valence-electron chi connectivity index (χ1n) is 9.69. The van der Waals surface area contributed by atoms with Crippen LogP contribution >= 0.6 is 0 Å². The van der Waals surface area contributed by atoms with Gasteiger partial charge >= 0.3 is 0 Å². The molecule has 0 amide bonds. The number of aromatic hydroxyl groups is 1. The number of ether oxygens (including phenoxy) is 1. The van der Waals surface area contributed by atoms with E-state index in [4.69, 9.17) is 0 Å². The molecule has 26 heavy (non-hydrogen) atoms. The number of benzene rings is 2. The Hall–Kier alpha value is -1.84. The van der Waals surface area contributed by atoms with Crippen LogP contribution in [0.1, 0.15) is 57.4 Å². The van der Waals surface area contributed by atoms with Crippen LogP contribution in [0.15, 0.2) is 60.7 Å². The fraction of sp³-hybridized carbons (Fsp3) is 0.478. The Kier molecular flexibility index (Phi) is 16.7. The number of para-hydroxylation sites is 1. The number of unbranched alkanes of at least 4 members (excludes halogenated alkanes) is 6. The third kappa shape index (κ3) is 15.7. The maximum Gasteiger partial charge on any atom is 0.118 e. The first-order valence-corrected chi connectivity index (χ1v) is 9.69. The molecule has 0 aliphatic carbocycles. The molecule has 2 aromatic rings. The van der Waals surface area contributed by atoms with Gasteiger partial charge in [-0.3, -0.25) is 0 Å². The topological polar surface area (TPSA) is 64.3 Å². The van der Waals surface area contributed by atoms with E-state index in [-0.39, 0.29) is 5.48 Å². The van der Waals surface area contributed by atoms with Crippen molar-refractivity contribution >= 4 is 0 Å². The summed E-state index contributed by atoms with van der Waals surface area (Å²) in [7, 11) is 0. The monoisotopic (exact) mass is 360 g/mol. The minimum absolute atomic E-state index is 0. The molecular weight excluding hydrogens is 324 g/mol. The van der Waals surface area contributed by atoms with Crippen molar-refractivity contribution in [1.82, 2.24) is 0 Å². The average Bonchev–Trinajstić information content (AvgIpc) is 3.54. The molecule has 0 saturated carbocycles. The Bertz CT molecular complexity index is 482. The van der Waals surface area contributed by atoms with E-state index in [1.807, 2.05) is 54.6 Å². The number of phenols is 1. The molecular formula is C23H36O3. The largest absolute Gasteiger partial charge is 0.508 e. The van der Waals surface area contributed by atoms with Crippen LogP contribution in [-0.2, 0) is 11.2 Å². The van der Waals surface area contributed by atoms with Gasteiger partial charge in [0, 0.05) is 0 Å². The van der Waals surface area contributed by atoms with Crippen LogP contribution in [0.3, 0.4) is 0 Å². The van der Waals surface area contributed by atoms with Gasteiger partial charge in [-0.1, -0.05) is 100 Å². The quantitative estimate of drug-likeness (QED) is 0.494. The molecule has 0 bridgehead atoms. The van der Waals surface area contributed by atoms with E-state index in [1.165, 1.54) is 44.9 Å². The van der Waals surface area contributed by atoms with Crippen LogP contribution in [0.25, 0.3) is 0 Å². The van der Waals surface area contributed by atoms with Crippen molar-refractivity contribution < 1.29 is 15.3 Å². The normalized spacial score (nSPS) is 11.1. The van der Waals surface area contributed by atoms with E-state index < -0.39 is 0 Å². The lowest BCUT2D eigenvalue weighted by atomic mass is 10.0. The number of hydrogen-bond donors (Lipinski definition) is 1. The highest BCUT2D eigenvalue weighted by molar-refractivity contribution is 5.31. The Morgan fingerprint density at radius 2 is 1.19 bits per heavy atom. The minimum Gasteiger partial charge on any atom is -0.508 e. The molecule has 3 heteroatoms. The zero-order valence-corrected chi connectivity index (χ0v) is 16.2. The van der Waals surface area contributed by atoms with Crippen molar-refractivity contribution in [3.05, 3.63) is 66.2 Å². The van der Waals surface area contributed by atoms with Gasteiger partial charge in [-0.25, -0.2) is 0 Å². The van der Waals surface area contributed by atoms with Gasteiger partial charge in [-0.2, -0.15) is 0 Å². The molecule has 3 N–H and O–H groups in total. The van der Waals surface area contributed by atoms with Gasteiger partial charge in [0.25, 0.3) is 0 Å². The number of rotatable bonds is 8. The van der Waals surface area contributed by atoms with Gasteiger partial charge in [0.15, 0.2) is 0 Å². The lowest BCUT2D eigenvalue weighted by molar-refractivity contribution is 0.466. The molecule has 2 aromatic carbocycles. The summed E-state index contributed by atoms with van der Waals surface area (Å²) in [6.07, 6.45) is 10.3. The van der Waals surface area contributed by atoms with Crippen molar-refractivity contribution in [2.24, 2.45) is 0 Å². The van der Waals surface area contributed by atoms with Crippen LogP contribution in [0.5, 0.6) is 5.75 Å². The number of aryl methyl sites for hydroxylation is 1. The summed E-state index contributed by atoms with van der Waals surface area (Å²) in [5.74, 6) is 0.452.